The number of rotatable bonds is 8. The number of thiazole rings is 1. The standard InChI is InChI=1S/C26H25N3O5S/c1-26(24(31)32,15-10-11-15)29-23(30)21-12-27-22(35-21)13-28-25(33)34-14-20-18-8-4-2-6-16(18)17-7-3-5-9-19(17)20/h2-9,12,15,20H,10-11,13-14H2,1H3,(H,28,33)(H,29,30)(H,31,32). The van der Waals surface area contributed by atoms with Crippen LogP contribution in [0.25, 0.3) is 11.1 Å². The molecule has 0 saturated heterocycles. The predicted octanol–water partition coefficient (Wildman–Crippen LogP) is 4.16. The highest BCUT2D eigenvalue weighted by Gasteiger charge is 2.48. The summed E-state index contributed by atoms with van der Waals surface area (Å²) in [5, 5.41) is 15.4. The monoisotopic (exact) mass is 491 g/mol. The average molecular weight is 492 g/mol. The number of carbonyl (C=O) groups is 3. The van der Waals surface area contributed by atoms with E-state index in [-0.39, 0.29) is 25.0 Å². The van der Waals surface area contributed by atoms with Gasteiger partial charge in [0.15, 0.2) is 0 Å². The Morgan fingerprint density at radius 2 is 1.71 bits per heavy atom. The lowest BCUT2D eigenvalue weighted by Crippen LogP contribution is -2.53. The van der Waals surface area contributed by atoms with Gasteiger partial charge < -0.3 is 20.5 Å². The number of amides is 2. The molecule has 0 radical (unpaired) electrons. The molecule has 3 N–H and O–H groups in total. The lowest BCUT2D eigenvalue weighted by atomic mass is 9.96. The number of benzene rings is 2. The fourth-order valence-electron chi connectivity index (χ4n) is 4.58. The van der Waals surface area contributed by atoms with E-state index in [1.807, 2.05) is 24.3 Å². The predicted molar refractivity (Wildman–Crippen MR) is 130 cm³/mol. The molecule has 0 spiro atoms. The summed E-state index contributed by atoms with van der Waals surface area (Å²) in [7, 11) is 0. The van der Waals surface area contributed by atoms with Crippen LogP contribution in [-0.2, 0) is 16.1 Å². The SMILES string of the molecule is CC(NC(=O)c1cnc(CNC(=O)OCC2c3ccccc3-c3ccccc32)s1)(C(=O)O)C1CC1. The number of hydrogen-bond donors (Lipinski definition) is 3. The largest absolute Gasteiger partial charge is 0.480 e. The highest BCUT2D eigenvalue weighted by atomic mass is 32.1. The molecule has 9 heteroatoms. The summed E-state index contributed by atoms with van der Waals surface area (Å²) in [4.78, 5) is 41.1. The molecule has 8 nitrogen and oxygen atoms in total. The van der Waals surface area contributed by atoms with E-state index in [0.29, 0.717) is 9.88 Å². The second-order valence-corrected chi connectivity index (χ2v) is 10.1. The van der Waals surface area contributed by atoms with Crippen LogP contribution < -0.4 is 10.6 Å². The molecular formula is C26H25N3O5S. The Balaban J connectivity index is 1.16. The number of aliphatic carboxylic acids is 1. The summed E-state index contributed by atoms with van der Waals surface area (Å²) < 4.78 is 5.52. The minimum Gasteiger partial charge on any atom is -0.480 e. The highest BCUT2D eigenvalue weighted by Crippen LogP contribution is 2.44. The van der Waals surface area contributed by atoms with E-state index in [1.54, 1.807) is 0 Å². The van der Waals surface area contributed by atoms with Gasteiger partial charge in [0.25, 0.3) is 5.91 Å². The van der Waals surface area contributed by atoms with Crippen molar-refractivity contribution in [3.63, 3.8) is 0 Å². The molecule has 1 aromatic heterocycles. The van der Waals surface area contributed by atoms with Gasteiger partial charge in [-0.2, -0.15) is 0 Å². The number of aromatic nitrogens is 1. The van der Waals surface area contributed by atoms with Crippen molar-refractivity contribution >= 4 is 29.3 Å². The molecule has 2 aliphatic carbocycles. The fraction of sp³-hybridized carbons (Fsp3) is 0.308. The maximum Gasteiger partial charge on any atom is 0.407 e. The Kier molecular flexibility index (Phi) is 6.02. The second-order valence-electron chi connectivity index (χ2n) is 9.03. The van der Waals surface area contributed by atoms with Crippen molar-refractivity contribution in [1.82, 2.24) is 15.6 Å². The smallest absolute Gasteiger partial charge is 0.407 e. The minimum atomic E-state index is -1.29. The van der Waals surface area contributed by atoms with Crippen LogP contribution >= 0.6 is 11.3 Å². The highest BCUT2D eigenvalue weighted by molar-refractivity contribution is 7.13. The van der Waals surface area contributed by atoms with E-state index >= 15 is 0 Å². The molecule has 1 atom stereocenters. The number of carbonyl (C=O) groups excluding carboxylic acids is 2. The number of alkyl carbamates (subject to hydrolysis) is 1. The Labute approximate surface area is 206 Å². The minimum absolute atomic E-state index is 0.0293. The molecule has 35 heavy (non-hydrogen) atoms. The summed E-state index contributed by atoms with van der Waals surface area (Å²) >= 11 is 1.11. The maximum atomic E-state index is 12.6. The van der Waals surface area contributed by atoms with E-state index in [9.17, 15) is 19.5 Å². The Hall–Kier alpha value is -3.72. The molecule has 2 aromatic carbocycles. The summed E-state index contributed by atoms with van der Waals surface area (Å²) in [5.74, 6) is -1.62. The summed E-state index contributed by atoms with van der Waals surface area (Å²) in [6.45, 7) is 1.85. The zero-order valence-corrected chi connectivity index (χ0v) is 19.9. The van der Waals surface area contributed by atoms with E-state index in [1.165, 1.54) is 13.1 Å². The van der Waals surface area contributed by atoms with Crippen molar-refractivity contribution in [2.75, 3.05) is 6.61 Å². The zero-order valence-electron chi connectivity index (χ0n) is 19.1. The van der Waals surface area contributed by atoms with E-state index < -0.39 is 23.5 Å². The molecule has 3 aromatic rings. The van der Waals surface area contributed by atoms with Gasteiger partial charge in [-0.3, -0.25) is 4.79 Å². The number of nitrogens with zero attached hydrogens (tertiary/aromatic N) is 1. The first kappa shape index (κ1) is 23.0. The number of carboxylic acids is 1. The van der Waals surface area contributed by atoms with Crippen molar-refractivity contribution in [3.8, 4) is 11.1 Å². The van der Waals surface area contributed by atoms with Crippen LogP contribution in [0.2, 0.25) is 0 Å². The molecule has 1 heterocycles. The van der Waals surface area contributed by atoms with Crippen LogP contribution in [0.15, 0.2) is 54.7 Å². The number of fused-ring (bicyclic) bond motifs is 3. The quantitative estimate of drug-likeness (QED) is 0.435. The van der Waals surface area contributed by atoms with Crippen molar-refractivity contribution in [3.05, 3.63) is 75.7 Å². The van der Waals surface area contributed by atoms with Crippen LogP contribution in [0.3, 0.4) is 0 Å². The Morgan fingerprint density at radius 3 is 2.31 bits per heavy atom. The third kappa shape index (κ3) is 4.51. The summed E-state index contributed by atoms with van der Waals surface area (Å²) in [5.41, 5.74) is 3.30. The molecule has 0 bridgehead atoms. The summed E-state index contributed by atoms with van der Waals surface area (Å²) in [6.07, 6.45) is 2.38. The number of nitrogens with one attached hydrogen (secondary N) is 2. The molecule has 1 unspecified atom stereocenters. The Morgan fingerprint density at radius 1 is 1.09 bits per heavy atom. The van der Waals surface area contributed by atoms with Gasteiger partial charge in [0.05, 0.1) is 12.7 Å². The molecule has 0 aliphatic heterocycles. The van der Waals surface area contributed by atoms with Gasteiger partial charge in [0.2, 0.25) is 0 Å². The Bertz CT molecular complexity index is 1260. The molecule has 180 valence electrons. The van der Waals surface area contributed by atoms with Gasteiger partial charge in [-0.1, -0.05) is 48.5 Å². The zero-order chi connectivity index (χ0) is 24.6. The first-order chi connectivity index (χ1) is 16.9. The van der Waals surface area contributed by atoms with Crippen molar-refractivity contribution in [1.29, 1.82) is 0 Å². The van der Waals surface area contributed by atoms with Gasteiger partial charge in [-0.05, 0) is 47.9 Å². The van der Waals surface area contributed by atoms with Gasteiger partial charge in [-0.15, -0.1) is 11.3 Å². The van der Waals surface area contributed by atoms with Gasteiger partial charge in [0, 0.05) is 5.92 Å². The maximum absolute atomic E-state index is 12.6. The van der Waals surface area contributed by atoms with Gasteiger partial charge in [0.1, 0.15) is 22.0 Å². The third-order valence-corrected chi connectivity index (χ3v) is 7.71. The van der Waals surface area contributed by atoms with Crippen molar-refractivity contribution in [2.24, 2.45) is 5.92 Å². The van der Waals surface area contributed by atoms with Crippen LogP contribution in [0.4, 0.5) is 4.79 Å². The molecule has 2 amide bonds. The fourth-order valence-corrected chi connectivity index (χ4v) is 5.34. The van der Waals surface area contributed by atoms with Crippen LogP contribution in [0.1, 0.15) is 51.5 Å². The lowest BCUT2D eigenvalue weighted by Gasteiger charge is -2.25. The van der Waals surface area contributed by atoms with E-state index in [2.05, 4.69) is 39.9 Å². The van der Waals surface area contributed by atoms with Gasteiger partial charge in [-0.25, -0.2) is 14.6 Å². The van der Waals surface area contributed by atoms with Crippen LogP contribution in [0, 0.1) is 5.92 Å². The number of hydrogen-bond acceptors (Lipinski definition) is 6. The average Bonchev–Trinajstić information content (AvgIpc) is 3.53. The second kappa shape index (κ2) is 9.14. The van der Waals surface area contributed by atoms with E-state index in [4.69, 9.17) is 4.74 Å². The normalized spacial score (nSPS) is 16.0. The summed E-state index contributed by atoms with van der Waals surface area (Å²) in [6, 6.07) is 16.2. The molecule has 2 aliphatic rings. The van der Waals surface area contributed by atoms with Crippen molar-refractivity contribution in [2.45, 2.75) is 37.8 Å². The van der Waals surface area contributed by atoms with Gasteiger partial charge >= 0.3 is 12.1 Å². The first-order valence-electron chi connectivity index (χ1n) is 11.5. The third-order valence-electron chi connectivity index (χ3n) is 6.72. The van der Waals surface area contributed by atoms with E-state index in [0.717, 1.165) is 46.4 Å². The van der Waals surface area contributed by atoms with Crippen LogP contribution in [0.5, 0.6) is 0 Å². The van der Waals surface area contributed by atoms with Crippen LogP contribution in [-0.4, -0.2) is 40.2 Å². The van der Waals surface area contributed by atoms with Crippen molar-refractivity contribution < 1.29 is 24.2 Å². The topological polar surface area (TPSA) is 118 Å². The molecular weight excluding hydrogens is 466 g/mol. The number of ether oxygens (including phenoxy) is 1. The molecule has 1 saturated carbocycles. The first-order valence-corrected chi connectivity index (χ1v) is 12.3. The molecule has 5 rings (SSSR count). The number of carboxylic acid groups (broad SMARTS) is 1. The molecule has 1 fully saturated rings. The lowest BCUT2D eigenvalue weighted by molar-refractivity contribution is -0.144.